The van der Waals surface area contributed by atoms with Gasteiger partial charge in [0.15, 0.2) is 6.61 Å². The largest absolute Gasteiger partial charge is 0.497 e. The summed E-state index contributed by atoms with van der Waals surface area (Å²) in [6.07, 6.45) is 1.40. The first-order chi connectivity index (χ1) is 13.6. The fourth-order valence-corrected chi connectivity index (χ4v) is 3.00. The Hall–Kier alpha value is -2.77. The van der Waals surface area contributed by atoms with E-state index < -0.39 is 5.91 Å². The third-order valence-electron chi connectivity index (χ3n) is 3.64. The van der Waals surface area contributed by atoms with E-state index in [9.17, 15) is 4.79 Å². The summed E-state index contributed by atoms with van der Waals surface area (Å²) in [4.78, 5) is 11.9. The van der Waals surface area contributed by atoms with Crippen molar-refractivity contribution in [3.63, 3.8) is 0 Å². The smallest absolute Gasteiger partial charge is 0.277 e. The molecule has 0 fully saturated rings. The summed E-state index contributed by atoms with van der Waals surface area (Å²) < 4.78 is 16.9. The molecule has 2 aromatic carbocycles. The predicted octanol–water partition coefficient (Wildman–Crippen LogP) is 4.90. The molecule has 3 rings (SSSR count). The number of furan rings is 1. The Morgan fingerprint density at radius 1 is 1.25 bits per heavy atom. The maximum Gasteiger partial charge on any atom is 0.277 e. The number of nitrogens with zero attached hydrogens (tertiary/aromatic N) is 1. The summed E-state index contributed by atoms with van der Waals surface area (Å²) in [5.41, 5.74) is 3.17. The Bertz CT molecular complexity index is 1000. The van der Waals surface area contributed by atoms with Crippen LogP contribution in [0.4, 0.5) is 0 Å². The lowest BCUT2D eigenvalue weighted by molar-refractivity contribution is -0.123. The zero-order chi connectivity index (χ0) is 19.9. The van der Waals surface area contributed by atoms with Crippen molar-refractivity contribution in [2.45, 2.75) is 0 Å². The zero-order valence-corrected chi connectivity index (χ0v) is 17.2. The lowest BCUT2D eigenvalue weighted by Gasteiger charge is -2.08. The summed E-state index contributed by atoms with van der Waals surface area (Å²) in [5, 5.41) is 4.46. The van der Waals surface area contributed by atoms with Crippen molar-refractivity contribution in [3.05, 3.63) is 69.9 Å². The van der Waals surface area contributed by atoms with Gasteiger partial charge in [-0.15, -0.1) is 0 Å². The second-order valence-corrected chi connectivity index (χ2v) is 6.82. The van der Waals surface area contributed by atoms with Crippen LogP contribution < -0.4 is 14.9 Å². The number of nitrogens with one attached hydrogen (secondary N) is 1. The number of hydrogen-bond donors (Lipinski definition) is 1. The Kier molecular flexibility index (Phi) is 6.73. The predicted molar refractivity (Wildman–Crippen MR) is 111 cm³/mol. The molecule has 0 bridgehead atoms. The van der Waals surface area contributed by atoms with Gasteiger partial charge in [0.05, 0.1) is 22.8 Å². The van der Waals surface area contributed by atoms with Gasteiger partial charge in [-0.2, -0.15) is 5.10 Å². The monoisotopic (exact) mass is 462 g/mol. The fraction of sp³-hybridized carbons (Fsp3) is 0.100. The van der Waals surface area contributed by atoms with E-state index in [0.29, 0.717) is 32.5 Å². The summed E-state index contributed by atoms with van der Waals surface area (Å²) >= 11 is 9.51. The van der Waals surface area contributed by atoms with Crippen molar-refractivity contribution in [2.75, 3.05) is 13.7 Å². The van der Waals surface area contributed by atoms with E-state index in [1.165, 1.54) is 6.21 Å². The third-order valence-corrected chi connectivity index (χ3v) is 4.59. The van der Waals surface area contributed by atoms with Gasteiger partial charge in [-0.1, -0.05) is 23.7 Å². The molecule has 0 saturated carbocycles. The first-order valence-electron chi connectivity index (χ1n) is 8.20. The van der Waals surface area contributed by atoms with E-state index in [0.717, 1.165) is 5.56 Å². The molecule has 144 valence electrons. The third kappa shape index (κ3) is 5.15. The lowest BCUT2D eigenvalue weighted by atomic mass is 10.2. The van der Waals surface area contributed by atoms with E-state index in [4.69, 9.17) is 25.5 Å². The van der Waals surface area contributed by atoms with Crippen LogP contribution in [-0.2, 0) is 4.79 Å². The molecule has 1 aromatic heterocycles. The number of ether oxygens (including phenoxy) is 2. The molecule has 0 atom stereocenters. The van der Waals surface area contributed by atoms with Crippen LogP contribution in [-0.4, -0.2) is 25.8 Å². The highest BCUT2D eigenvalue weighted by Gasteiger charge is 2.08. The molecule has 1 amide bonds. The van der Waals surface area contributed by atoms with Crippen molar-refractivity contribution >= 4 is 39.7 Å². The number of carbonyl (C=O) groups excluding carboxylic acids is 1. The second-order valence-electron chi connectivity index (χ2n) is 5.56. The van der Waals surface area contributed by atoms with Gasteiger partial charge in [-0.25, -0.2) is 5.43 Å². The Balaban J connectivity index is 1.52. The minimum atomic E-state index is -0.406. The first kappa shape index (κ1) is 20.0. The molecule has 0 radical (unpaired) electrons. The maximum absolute atomic E-state index is 11.9. The molecule has 1 heterocycles. The van der Waals surface area contributed by atoms with E-state index >= 15 is 0 Å². The number of hydrazone groups is 1. The number of carbonyl (C=O) groups is 1. The van der Waals surface area contributed by atoms with Gasteiger partial charge in [0, 0.05) is 5.56 Å². The minimum absolute atomic E-state index is 0.189. The van der Waals surface area contributed by atoms with Crippen LogP contribution in [0.1, 0.15) is 5.76 Å². The Morgan fingerprint density at radius 2 is 2.07 bits per heavy atom. The average molecular weight is 464 g/mol. The van der Waals surface area contributed by atoms with Crippen LogP contribution in [0.3, 0.4) is 0 Å². The Labute approximate surface area is 175 Å². The summed E-state index contributed by atoms with van der Waals surface area (Å²) in [6.45, 7) is -0.189. The number of halogens is 2. The number of rotatable bonds is 7. The second kappa shape index (κ2) is 9.43. The minimum Gasteiger partial charge on any atom is -0.497 e. The molecule has 28 heavy (non-hydrogen) atoms. The van der Waals surface area contributed by atoms with Crippen LogP contribution in [0.25, 0.3) is 11.3 Å². The van der Waals surface area contributed by atoms with Crippen molar-refractivity contribution in [1.82, 2.24) is 5.43 Å². The molecule has 0 aliphatic carbocycles. The molecule has 1 N–H and O–H groups in total. The highest BCUT2D eigenvalue weighted by atomic mass is 79.9. The van der Waals surface area contributed by atoms with Gasteiger partial charge in [0.2, 0.25) is 0 Å². The quantitative estimate of drug-likeness (QED) is 0.399. The number of amides is 1. The van der Waals surface area contributed by atoms with Gasteiger partial charge in [-0.3, -0.25) is 4.79 Å². The molecule has 0 saturated heterocycles. The van der Waals surface area contributed by atoms with Crippen molar-refractivity contribution < 1.29 is 18.7 Å². The Morgan fingerprint density at radius 3 is 2.82 bits per heavy atom. The van der Waals surface area contributed by atoms with Gasteiger partial charge in [0.1, 0.15) is 23.0 Å². The number of methoxy groups -OCH3 is 1. The van der Waals surface area contributed by atoms with Crippen molar-refractivity contribution in [2.24, 2.45) is 5.10 Å². The zero-order valence-electron chi connectivity index (χ0n) is 14.8. The van der Waals surface area contributed by atoms with Gasteiger partial charge < -0.3 is 13.9 Å². The average Bonchev–Trinajstić information content (AvgIpc) is 3.16. The number of benzene rings is 2. The normalized spacial score (nSPS) is 10.8. The highest BCUT2D eigenvalue weighted by molar-refractivity contribution is 9.10. The fourth-order valence-electron chi connectivity index (χ4n) is 2.30. The van der Waals surface area contributed by atoms with E-state index in [1.807, 2.05) is 18.2 Å². The van der Waals surface area contributed by atoms with Crippen LogP contribution in [0, 0.1) is 0 Å². The topological polar surface area (TPSA) is 73.1 Å². The van der Waals surface area contributed by atoms with E-state index in [2.05, 4.69) is 26.5 Å². The van der Waals surface area contributed by atoms with Gasteiger partial charge >= 0.3 is 0 Å². The van der Waals surface area contributed by atoms with E-state index in [1.54, 1.807) is 43.5 Å². The van der Waals surface area contributed by atoms with Crippen molar-refractivity contribution in [1.29, 1.82) is 0 Å². The summed E-state index contributed by atoms with van der Waals surface area (Å²) in [6, 6.07) is 16.1. The molecule has 8 heteroatoms. The molecule has 0 unspecified atom stereocenters. The maximum atomic E-state index is 11.9. The van der Waals surface area contributed by atoms with Crippen molar-refractivity contribution in [3.8, 4) is 22.8 Å². The standard InChI is InChI=1S/C20H16BrClN2O4/c1-26-13-6-9-19(16(21)10-13)27-12-20(25)24-23-11-14-7-8-18(28-14)15-4-2-3-5-17(15)22/h2-11H,12H2,1H3,(H,24,25)/b23-11-. The van der Waals surface area contributed by atoms with Crippen LogP contribution in [0.5, 0.6) is 11.5 Å². The molecular weight excluding hydrogens is 448 g/mol. The van der Waals surface area contributed by atoms with Gasteiger partial charge in [0.25, 0.3) is 5.91 Å². The van der Waals surface area contributed by atoms with Crippen LogP contribution >= 0.6 is 27.5 Å². The first-order valence-corrected chi connectivity index (χ1v) is 9.37. The summed E-state index contributed by atoms with van der Waals surface area (Å²) in [5.74, 6) is 1.90. The van der Waals surface area contributed by atoms with E-state index in [-0.39, 0.29) is 6.61 Å². The highest BCUT2D eigenvalue weighted by Crippen LogP contribution is 2.29. The van der Waals surface area contributed by atoms with Crippen LogP contribution in [0.15, 0.2) is 68.6 Å². The molecule has 6 nitrogen and oxygen atoms in total. The number of hydrogen-bond acceptors (Lipinski definition) is 5. The summed E-state index contributed by atoms with van der Waals surface area (Å²) in [7, 11) is 1.57. The molecule has 0 aliphatic heterocycles. The lowest BCUT2D eigenvalue weighted by Crippen LogP contribution is -2.24. The molecule has 0 spiro atoms. The molecular formula is C20H16BrClN2O4. The molecule has 3 aromatic rings. The molecule has 0 aliphatic rings. The van der Waals surface area contributed by atoms with Crippen LogP contribution in [0.2, 0.25) is 5.02 Å². The SMILES string of the molecule is COc1ccc(OCC(=O)N/N=C\c2ccc(-c3ccccc3Cl)o2)c(Br)c1. The van der Waals surface area contributed by atoms with Gasteiger partial charge in [-0.05, 0) is 58.4 Å².